The van der Waals surface area contributed by atoms with Gasteiger partial charge < -0.3 is 159 Å². The van der Waals surface area contributed by atoms with Crippen LogP contribution in [0.3, 0.4) is 0 Å². The Morgan fingerprint density at radius 2 is 0.747 bits per heavy atom. The van der Waals surface area contributed by atoms with E-state index in [1.54, 1.807) is 13.8 Å². The fourth-order valence-electron chi connectivity index (χ4n) is 10.1. The highest BCUT2D eigenvalue weighted by molar-refractivity contribution is 4.97. The van der Waals surface area contributed by atoms with E-state index in [1.165, 1.54) is 20.8 Å². The second-order valence-electron chi connectivity index (χ2n) is 21.1. The molecule has 0 saturated carbocycles. The molecule has 0 amide bonds. The SMILES string of the molecule is C[C@H](O)C(CO[C@H]1OC(CO)[C@@H](O)C(O)[C@H]1O)O[C@@H](O[C@@H]1C(CO)O[C@@H](O[C@@H]2C(CO)O[C@@H](C)[C@@H](C)C2O)[C@@H](C)C1O)[C@H](O)CO[C@H]1O[C@H](CO)[C@@H](O)C(O)C1O[C@@H]1OC(CO)[C@@H](O[C@@H]2OC(CO)[C@H](O)C(O)[C@@H]2O)C(O)[C@@H]1C. The van der Waals surface area contributed by atoms with Crippen molar-refractivity contribution in [1.29, 1.82) is 0 Å². The van der Waals surface area contributed by atoms with Crippen LogP contribution in [-0.4, -0.2) is 340 Å². The highest BCUT2D eigenvalue weighted by atomic mass is 16.8. The number of aliphatic hydroxyl groups excluding tert-OH is 19. The maximum Gasteiger partial charge on any atom is 0.187 e. The van der Waals surface area contributed by atoms with Gasteiger partial charge in [0.15, 0.2) is 37.7 Å². The summed E-state index contributed by atoms with van der Waals surface area (Å²) < 4.78 is 76.2. The average Bonchev–Trinajstić information content (AvgIpc) is 3.47. The molecule has 0 bridgehead atoms. The number of rotatable bonds is 24. The van der Waals surface area contributed by atoms with Gasteiger partial charge in [-0.2, -0.15) is 0 Å². The molecule has 0 spiro atoms. The molecule has 6 saturated heterocycles. The van der Waals surface area contributed by atoms with E-state index in [0.29, 0.717) is 0 Å². The molecule has 32 nitrogen and oxygen atoms in total. The molecule has 6 aliphatic rings. The first-order chi connectivity index (χ1) is 37.4. The molecule has 6 aliphatic heterocycles. The zero-order valence-corrected chi connectivity index (χ0v) is 44.1. The first kappa shape index (κ1) is 66.9. The van der Waals surface area contributed by atoms with Crippen molar-refractivity contribution in [3.63, 3.8) is 0 Å². The molecule has 0 radical (unpaired) electrons. The molecule has 32 heteroatoms. The van der Waals surface area contributed by atoms with Crippen LogP contribution in [0.15, 0.2) is 0 Å². The van der Waals surface area contributed by atoms with Gasteiger partial charge in [-0.25, -0.2) is 0 Å². The van der Waals surface area contributed by atoms with Crippen LogP contribution in [0.1, 0.15) is 34.6 Å². The molecule has 0 aromatic rings. The van der Waals surface area contributed by atoms with E-state index < -0.39 is 261 Å². The van der Waals surface area contributed by atoms with Gasteiger partial charge in [-0.15, -0.1) is 0 Å². The molecular weight excluding hydrogens is 1080 g/mol. The Morgan fingerprint density at radius 1 is 0.367 bits per heavy atom. The Kier molecular flexibility index (Phi) is 25.1. The topological polar surface area (TPSA) is 504 Å². The molecule has 0 aliphatic carbocycles. The Hall–Kier alpha value is -1.28. The van der Waals surface area contributed by atoms with Crippen molar-refractivity contribution in [2.45, 2.75) is 225 Å². The van der Waals surface area contributed by atoms with Crippen molar-refractivity contribution >= 4 is 0 Å². The zero-order valence-electron chi connectivity index (χ0n) is 44.1. The summed E-state index contributed by atoms with van der Waals surface area (Å²) in [7, 11) is 0. The maximum atomic E-state index is 12.0. The highest BCUT2D eigenvalue weighted by Crippen LogP contribution is 2.38. The van der Waals surface area contributed by atoms with E-state index in [1.807, 2.05) is 0 Å². The highest BCUT2D eigenvalue weighted by Gasteiger charge is 2.55. The van der Waals surface area contributed by atoms with Gasteiger partial charge in [-0.05, 0) is 13.8 Å². The fourth-order valence-corrected chi connectivity index (χ4v) is 10.1. The van der Waals surface area contributed by atoms with Gasteiger partial charge in [0.25, 0.3) is 0 Å². The zero-order chi connectivity index (χ0) is 58.5. The van der Waals surface area contributed by atoms with E-state index in [4.69, 9.17) is 61.6 Å². The molecule has 19 N–H and O–H groups in total. The molecule has 0 aromatic heterocycles. The second-order valence-corrected chi connectivity index (χ2v) is 21.1. The number of hydrogen-bond donors (Lipinski definition) is 19. The van der Waals surface area contributed by atoms with E-state index in [-0.39, 0.29) is 0 Å². The predicted octanol–water partition coefficient (Wildman–Crippen LogP) is -10.7. The smallest absolute Gasteiger partial charge is 0.187 e. The summed E-state index contributed by atoms with van der Waals surface area (Å²) in [6.07, 6.45) is -50.4. The van der Waals surface area contributed by atoms with Crippen LogP contribution >= 0.6 is 0 Å². The third-order valence-corrected chi connectivity index (χ3v) is 15.6. The van der Waals surface area contributed by atoms with Crippen LogP contribution in [0.4, 0.5) is 0 Å². The van der Waals surface area contributed by atoms with Crippen LogP contribution in [0.25, 0.3) is 0 Å². The minimum Gasteiger partial charge on any atom is -0.394 e. The first-order valence-electron chi connectivity index (χ1n) is 26.3. The van der Waals surface area contributed by atoms with Crippen molar-refractivity contribution in [3.8, 4) is 0 Å². The minimum atomic E-state index is -2.10. The molecule has 6 rings (SSSR count). The monoisotopic (exact) mass is 1160 g/mol. The molecule has 0 aromatic carbocycles. The molecule has 34 atom stereocenters. The second kappa shape index (κ2) is 29.7. The van der Waals surface area contributed by atoms with Gasteiger partial charge in [-0.3, -0.25) is 0 Å². The van der Waals surface area contributed by atoms with Crippen LogP contribution in [-0.2, 0) is 61.6 Å². The molecule has 13 unspecified atom stereocenters. The fraction of sp³-hybridized carbons (Fsp3) is 1.00. The van der Waals surface area contributed by atoms with E-state index in [0.717, 1.165) is 0 Å². The Morgan fingerprint density at radius 3 is 1.25 bits per heavy atom. The normalized spacial score (nSPS) is 48.8. The average molecular weight is 1160 g/mol. The Bertz CT molecular complexity index is 1770. The summed E-state index contributed by atoms with van der Waals surface area (Å²) >= 11 is 0. The van der Waals surface area contributed by atoms with E-state index >= 15 is 0 Å². The third-order valence-electron chi connectivity index (χ3n) is 15.6. The Balaban J connectivity index is 1.23. The lowest BCUT2D eigenvalue weighted by Crippen LogP contribution is -2.65. The summed E-state index contributed by atoms with van der Waals surface area (Å²) in [4.78, 5) is 0. The summed E-state index contributed by atoms with van der Waals surface area (Å²) in [5.74, 6) is -2.75. The van der Waals surface area contributed by atoms with Crippen LogP contribution < -0.4 is 0 Å². The standard InChI is InChI=1S/C47H84O32/c1-14-18(5)69-23(9-51)38(27(14)56)76-42-15(2)28(57)39(24(10-52)73-42)77-44(75-26(17(4)54)13-68-45-36(65)33(62)30(59)20(6-48)70-45)19(55)12-67-47-41(35(64)32(61)22(8-50)72-47)79-43-16(3)29(58)40(25(11-53)74-43)78-46-37(66)34(63)31(60)21(7-49)71-46/h14-66H,6-13H2,1-5H3/t14-,15+,16+,17+,18+,19-,20?,21?,22-,23?,24?,25?,26?,27?,28?,29?,30-,31+,32-,33?,34?,35?,36-,37+,38-,39-,40-,41?,42+,43+,44+,45+,46+,47+/m1/s1. The van der Waals surface area contributed by atoms with Crippen LogP contribution in [0.5, 0.6) is 0 Å². The molecule has 6 fully saturated rings. The lowest BCUT2D eigenvalue weighted by atomic mass is 9.88. The number of ether oxygens (including phenoxy) is 13. The molecule has 464 valence electrons. The van der Waals surface area contributed by atoms with Crippen LogP contribution in [0, 0.1) is 17.8 Å². The predicted molar refractivity (Wildman–Crippen MR) is 251 cm³/mol. The van der Waals surface area contributed by atoms with Crippen molar-refractivity contribution in [1.82, 2.24) is 0 Å². The lowest BCUT2D eigenvalue weighted by molar-refractivity contribution is -0.381. The lowest BCUT2D eigenvalue weighted by Gasteiger charge is -2.49. The summed E-state index contributed by atoms with van der Waals surface area (Å²) in [6.45, 7) is 0.826. The summed E-state index contributed by atoms with van der Waals surface area (Å²) in [5, 5.41) is 203. The summed E-state index contributed by atoms with van der Waals surface area (Å²) in [5.41, 5.74) is 0. The van der Waals surface area contributed by atoms with Gasteiger partial charge in [-0.1, -0.05) is 20.8 Å². The maximum absolute atomic E-state index is 12.0. The van der Waals surface area contributed by atoms with Crippen LogP contribution in [0.2, 0.25) is 0 Å². The van der Waals surface area contributed by atoms with Crippen molar-refractivity contribution in [2.24, 2.45) is 17.8 Å². The van der Waals surface area contributed by atoms with Crippen molar-refractivity contribution < 1.29 is 159 Å². The van der Waals surface area contributed by atoms with Crippen molar-refractivity contribution in [3.05, 3.63) is 0 Å². The molecule has 79 heavy (non-hydrogen) atoms. The van der Waals surface area contributed by atoms with Gasteiger partial charge in [0.2, 0.25) is 0 Å². The number of hydrogen-bond acceptors (Lipinski definition) is 32. The third kappa shape index (κ3) is 15.0. The number of aliphatic hydroxyl groups is 19. The molecular formula is C47H84O32. The largest absolute Gasteiger partial charge is 0.394 e. The van der Waals surface area contributed by atoms with Gasteiger partial charge >= 0.3 is 0 Å². The van der Waals surface area contributed by atoms with Crippen molar-refractivity contribution in [2.75, 3.05) is 52.9 Å². The minimum absolute atomic E-state index is 0.474. The first-order valence-corrected chi connectivity index (χ1v) is 26.3. The van der Waals surface area contributed by atoms with Gasteiger partial charge in [0.05, 0.1) is 83.4 Å². The van der Waals surface area contributed by atoms with E-state index in [2.05, 4.69) is 0 Å². The molecule has 6 heterocycles. The van der Waals surface area contributed by atoms with E-state index in [9.17, 15) is 97.0 Å². The Labute approximate surface area is 453 Å². The van der Waals surface area contributed by atoms with Gasteiger partial charge in [0.1, 0.15) is 122 Å². The van der Waals surface area contributed by atoms with Gasteiger partial charge in [0, 0.05) is 17.8 Å². The summed E-state index contributed by atoms with van der Waals surface area (Å²) in [6, 6.07) is 0. The quantitative estimate of drug-likeness (QED) is 0.0399.